The predicted octanol–water partition coefficient (Wildman–Crippen LogP) is 2.34. The smallest absolute Gasteiger partial charge is 0.263 e. The number of fused-ring (bicyclic) bond motifs is 1. The van der Waals surface area contributed by atoms with Crippen molar-refractivity contribution in [3.8, 4) is 11.5 Å². The number of likely N-dealkylation sites (tertiary alicyclic amines) is 1. The fourth-order valence-corrected chi connectivity index (χ4v) is 3.53. The largest absolute Gasteiger partial charge is 0.454 e. The van der Waals surface area contributed by atoms with Gasteiger partial charge >= 0.3 is 0 Å². The van der Waals surface area contributed by atoms with E-state index in [2.05, 4.69) is 15.3 Å². The quantitative estimate of drug-likeness (QED) is 0.840. The fraction of sp³-hybridized carbons (Fsp3) is 0.450. The number of nitrogens with zero attached hydrogens (tertiary/aromatic N) is 2. The lowest BCUT2D eigenvalue weighted by Gasteiger charge is -2.33. The molecule has 1 atom stereocenters. The van der Waals surface area contributed by atoms with Crippen LogP contribution in [0.3, 0.4) is 0 Å². The number of carbonyl (C=O) groups excluding carboxylic acids is 1. The van der Waals surface area contributed by atoms with Gasteiger partial charge in [0.2, 0.25) is 6.79 Å². The monoisotopic (exact) mass is 384 g/mol. The first kappa shape index (κ1) is 18.3. The van der Waals surface area contributed by atoms with E-state index in [1.807, 2.05) is 32.0 Å². The van der Waals surface area contributed by atoms with Gasteiger partial charge in [-0.25, -0.2) is 4.98 Å². The highest BCUT2D eigenvalue weighted by Crippen LogP contribution is 2.34. The molecule has 1 aromatic carbocycles. The number of nitrogens with one attached hydrogen (secondary N) is 2. The van der Waals surface area contributed by atoms with Crippen LogP contribution in [0.5, 0.6) is 11.5 Å². The van der Waals surface area contributed by atoms with Gasteiger partial charge in [0.1, 0.15) is 11.4 Å². The number of benzene rings is 1. The lowest BCUT2D eigenvalue weighted by Crippen LogP contribution is -2.46. The van der Waals surface area contributed by atoms with Crippen molar-refractivity contribution in [2.45, 2.75) is 38.6 Å². The number of carbonyl (C=O) groups is 1. The van der Waals surface area contributed by atoms with Crippen molar-refractivity contribution in [1.29, 1.82) is 0 Å². The van der Waals surface area contributed by atoms with E-state index in [9.17, 15) is 9.59 Å². The van der Waals surface area contributed by atoms with Crippen LogP contribution in [0.4, 0.5) is 5.69 Å². The van der Waals surface area contributed by atoms with Gasteiger partial charge in [-0.2, -0.15) is 0 Å². The standard InChI is InChI=1S/C20H24N4O4/c1-12(2)18-21-9-15(19(25)23-18)20(26)24-7-3-4-14(10-24)22-13-5-6-16-17(8-13)28-11-27-16/h5-6,8-9,12,14,22H,3-4,7,10-11H2,1-2H3,(H,21,23,25)/t14-/m1/s1. The molecule has 0 saturated carbocycles. The summed E-state index contributed by atoms with van der Waals surface area (Å²) in [5.74, 6) is 1.87. The second kappa shape index (κ2) is 7.53. The zero-order valence-electron chi connectivity index (χ0n) is 16.0. The van der Waals surface area contributed by atoms with E-state index in [0.29, 0.717) is 18.9 Å². The van der Waals surface area contributed by atoms with E-state index in [1.54, 1.807) is 4.90 Å². The molecule has 2 aromatic rings. The number of aromatic nitrogens is 2. The molecule has 1 amide bonds. The van der Waals surface area contributed by atoms with Gasteiger partial charge in [-0.3, -0.25) is 9.59 Å². The molecular formula is C20H24N4O4. The van der Waals surface area contributed by atoms with Gasteiger partial charge in [0, 0.05) is 43.0 Å². The van der Waals surface area contributed by atoms with E-state index in [1.165, 1.54) is 6.20 Å². The van der Waals surface area contributed by atoms with Crippen molar-refractivity contribution in [2.75, 3.05) is 25.2 Å². The van der Waals surface area contributed by atoms with Crippen molar-refractivity contribution in [2.24, 2.45) is 0 Å². The highest BCUT2D eigenvalue weighted by molar-refractivity contribution is 5.93. The number of anilines is 1. The minimum absolute atomic E-state index is 0.0909. The Balaban J connectivity index is 1.45. The highest BCUT2D eigenvalue weighted by Gasteiger charge is 2.27. The first-order valence-electron chi connectivity index (χ1n) is 9.56. The number of rotatable bonds is 4. The summed E-state index contributed by atoms with van der Waals surface area (Å²) in [5.41, 5.74) is 0.632. The Morgan fingerprint density at radius 2 is 2.14 bits per heavy atom. The van der Waals surface area contributed by atoms with Gasteiger partial charge < -0.3 is 24.7 Å². The summed E-state index contributed by atoms with van der Waals surface area (Å²) in [5, 5.41) is 3.45. The number of piperidine rings is 1. The Bertz CT molecular complexity index is 940. The Morgan fingerprint density at radius 1 is 1.32 bits per heavy atom. The van der Waals surface area contributed by atoms with Crippen LogP contribution in [0.2, 0.25) is 0 Å². The first-order valence-corrected chi connectivity index (χ1v) is 9.56. The second-order valence-corrected chi connectivity index (χ2v) is 7.47. The van der Waals surface area contributed by atoms with Gasteiger partial charge in [-0.05, 0) is 25.0 Å². The summed E-state index contributed by atoms with van der Waals surface area (Å²) in [6.45, 7) is 5.28. The van der Waals surface area contributed by atoms with Crippen LogP contribution < -0.4 is 20.3 Å². The minimum Gasteiger partial charge on any atom is -0.454 e. The van der Waals surface area contributed by atoms with Crippen LogP contribution >= 0.6 is 0 Å². The Labute approximate surface area is 162 Å². The van der Waals surface area contributed by atoms with Crippen molar-refractivity contribution < 1.29 is 14.3 Å². The van der Waals surface area contributed by atoms with Crippen molar-refractivity contribution >= 4 is 11.6 Å². The van der Waals surface area contributed by atoms with Crippen molar-refractivity contribution in [3.63, 3.8) is 0 Å². The summed E-state index contributed by atoms with van der Waals surface area (Å²) < 4.78 is 10.7. The molecule has 0 unspecified atom stereocenters. The third kappa shape index (κ3) is 3.67. The zero-order chi connectivity index (χ0) is 19.7. The lowest BCUT2D eigenvalue weighted by atomic mass is 10.0. The molecular weight excluding hydrogens is 360 g/mol. The van der Waals surface area contributed by atoms with E-state index in [-0.39, 0.29) is 35.8 Å². The van der Waals surface area contributed by atoms with Crippen molar-refractivity contribution in [3.05, 3.63) is 46.1 Å². The van der Waals surface area contributed by atoms with Gasteiger partial charge in [-0.1, -0.05) is 13.8 Å². The SMILES string of the molecule is CC(C)c1ncc(C(=O)N2CCC[C@@H](Nc3ccc4c(c3)OCO4)C2)c(=O)[nH]1. The molecule has 1 saturated heterocycles. The highest BCUT2D eigenvalue weighted by atomic mass is 16.7. The minimum atomic E-state index is -0.380. The van der Waals surface area contributed by atoms with Crippen molar-refractivity contribution in [1.82, 2.24) is 14.9 Å². The van der Waals surface area contributed by atoms with Crippen LogP contribution in [0.25, 0.3) is 0 Å². The molecule has 3 heterocycles. The molecule has 0 aliphatic carbocycles. The number of hydrogen-bond donors (Lipinski definition) is 2. The maximum Gasteiger partial charge on any atom is 0.263 e. The molecule has 1 fully saturated rings. The van der Waals surface area contributed by atoms with E-state index in [0.717, 1.165) is 30.0 Å². The van der Waals surface area contributed by atoms with Gasteiger partial charge in [-0.15, -0.1) is 0 Å². The number of hydrogen-bond acceptors (Lipinski definition) is 6. The van der Waals surface area contributed by atoms with E-state index < -0.39 is 0 Å². The molecule has 148 valence electrons. The predicted molar refractivity (Wildman–Crippen MR) is 104 cm³/mol. The molecule has 0 bridgehead atoms. The molecule has 1 aromatic heterocycles. The summed E-state index contributed by atoms with van der Waals surface area (Å²) in [7, 11) is 0. The maximum atomic E-state index is 12.9. The lowest BCUT2D eigenvalue weighted by molar-refractivity contribution is 0.0712. The summed E-state index contributed by atoms with van der Waals surface area (Å²) >= 11 is 0. The summed E-state index contributed by atoms with van der Waals surface area (Å²) in [6, 6.07) is 5.81. The van der Waals surface area contributed by atoms with E-state index >= 15 is 0 Å². The fourth-order valence-electron chi connectivity index (χ4n) is 3.53. The van der Waals surface area contributed by atoms with Crippen LogP contribution in [0.1, 0.15) is 48.8 Å². The van der Waals surface area contributed by atoms with Crippen LogP contribution in [-0.4, -0.2) is 46.7 Å². The van der Waals surface area contributed by atoms with E-state index in [4.69, 9.17) is 9.47 Å². The normalized spacial score (nSPS) is 18.4. The molecule has 2 aliphatic rings. The van der Waals surface area contributed by atoms with Crippen LogP contribution in [0.15, 0.2) is 29.2 Å². The average Bonchev–Trinajstić information content (AvgIpc) is 3.15. The Morgan fingerprint density at radius 3 is 2.93 bits per heavy atom. The molecule has 4 rings (SSSR count). The second-order valence-electron chi connectivity index (χ2n) is 7.47. The maximum absolute atomic E-state index is 12.9. The van der Waals surface area contributed by atoms with Gasteiger partial charge in [0.05, 0.1) is 0 Å². The summed E-state index contributed by atoms with van der Waals surface area (Å²) in [4.78, 5) is 33.8. The molecule has 28 heavy (non-hydrogen) atoms. The molecule has 2 aliphatic heterocycles. The molecule has 2 N–H and O–H groups in total. The third-order valence-electron chi connectivity index (χ3n) is 5.05. The number of ether oxygens (including phenoxy) is 2. The third-order valence-corrected chi connectivity index (χ3v) is 5.05. The average molecular weight is 384 g/mol. The van der Waals surface area contributed by atoms with Gasteiger partial charge in [0.15, 0.2) is 11.5 Å². The summed E-state index contributed by atoms with van der Waals surface area (Å²) in [6.07, 6.45) is 3.20. The Kier molecular flexibility index (Phi) is 4.93. The number of aromatic amines is 1. The molecule has 0 radical (unpaired) electrons. The number of H-pyrrole nitrogens is 1. The molecule has 0 spiro atoms. The topological polar surface area (TPSA) is 96.6 Å². The first-order chi connectivity index (χ1) is 13.5. The van der Waals surface area contributed by atoms with Crippen LogP contribution in [-0.2, 0) is 0 Å². The molecule has 8 heteroatoms. The number of amides is 1. The molecule has 8 nitrogen and oxygen atoms in total. The van der Waals surface area contributed by atoms with Gasteiger partial charge in [0.25, 0.3) is 11.5 Å². The van der Waals surface area contributed by atoms with Crippen LogP contribution in [0, 0.1) is 0 Å². The zero-order valence-corrected chi connectivity index (χ0v) is 16.0. The Hall–Kier alpha value is -3.03.